The minimum Gasteiger partial charge on any atom is -0.354 e. The quantitative estimate of drug-likeness (QED) is 0.589. The lowest BCUT2D eigenvalue weighted by atomic mass is 10.0. The Bertz CT molecular complexity index is 975. The van der Waals surface area contributed by atoms with E-state index in [2.05, 4.69) is 10.6 Å². The van der Waals surface area contributed by atoms with Crippen LogP contribution in [0.1, 0.15) is 30.6 Å². The first-order valence-electron chi connectivity index (χ1n) is 9.44. The molecule has 0 aliphatic carbocycles. The number of carbonyl (C=O) groups excluding carboxylic acids is 2. The summed E-state index contributed by atoms with van der Waals surface area (Å²) in [5, 5.41) is 4.92. The third kappa shape index (κ3) is 6.09. The molecular weight excluding hydrogens is 414 g/mol. The van der Waals surface area contributed by atoms with Crippen LogP contribution in [-0.4, -0.2) is 38.6 Å². The summed E-state index contributed by atoms with van der Waals surface area (Å²) in [7, 11) is -3.46. The number of rotatable bonds is 9. The van der Waals surface area contributed by atoms with Gasteiger partial charge in [0.2, 0.25) is 5.91 Å². The molecule has 2 rings (SSSR count). The van der Waals surface area contributed by atoms with Crippen LogP contribution in [0.2, 0.25) is 0 Å². The molecule has 2 N–H and O–H groups in total. The molecule has 0 saturated carbocycles. The topological polar surface area (TPSA) is 92.3 Å². The second-order valence-electron chi connectivity index (χ2n) is 7.07. The number of hydrogen-bond donors (Lipinski definition) is 2. The largest absolute Gasteiger partial charge is 0.354 e. The van der Waals surface area contributed by atoms with Gasteiger partial charge in [0, 0.05) is 6.54 Å². The Morgan fingerprint density at radius 3 is 2.13 bits per heavy atom. The van der Waals surface area contributed by atoms with Gasteiger partial charge in [0.15, 0.2) is 9.84 Å². The zero-order chi connectivity index (χ0) is 22.3. The summed E-state index contributed by atoms with van der Waals surface area (Å²) in [6, 6.07) is 9.98. The minimum absolute atomic E-state index is 0.0675. The zero-order valence-electron chi connectivity index (χ0n) is 16.7. The Balaban J connectivity index is 1.94. The van der Waals surface area contributed by atoms with E-state index in [1.165, 1.54) is 12.1 Å². The Kier molecular flexibility index (Phi) is 8.05. The molecule has 30 heavy (non-hydrogen) atoms. The van der Waals surface area contributed by atoms with E-state index in [9.17, 15) is 26.8 Å². The fourth-order valence-corrected chi connectivity index (χ4v) is 4.12. The van der Waals surface area contributed by atoms with Crippen molar-refractivity contribution in [2.24, 2.45) is 5.92 Å². The molecule has 0 aromatic heterocycles. The van der Waals surface area contributed by atoms with Gasteiger partial charge in [0.05, 0.1) is 10.6 Å². The number of hydrogen-bond acceptors (Lipinski definition) is 4. The van der Waals surface area contributed by atoms with Crippen molar-refractivity contribution in [3.05, 3.63) is 65.7 Å². The molecule has 9 heteroatoms. The molecule has 0 aliphatic heterocycles. The summed E-state index contributed by atoms with van der Waals surface area (Å²) in [5.41, 5.74) is -0.759. The van der Waals surface area contributed by atoms with Crippen LogP contribution in [0.5, 0.6) is 0 Å². The van der Waals surface area contributed by atoms with Crippen LogP contribution in [0.4, 0.5) is 8.78 Å². The van der Waals surface area contributed by atoms with Crippen molar-refractivity contribution in [3.63, 3.8) is 0 Å². The molecule has 1 atom stereocenters. The van der Waals surface area contributed by atoms with Gasteiger partial charge < -0.3 is 10.6 Å². The average Bonchev–Trinajstić information content (AvgIpc) is 2.69. The highest BCUT2D eigenvalue weighted by molar-refractivity contribution is 7.91. The zero-order valence-corrected chi connectivity index (χ0v) is 17.5. The van der Waals surface area contributed by atoms with E-state index in [0.717, 1.165) is 18.2 Å². The smallest absolute Gasteiger partial charge is 0.257 e. The molecule has 1 unspecified atom stereocenters. The van der Waals surface area contributed by atoms with Crippen molar-refractivity contribution in [2.45, 2.75) is 31.2 Å². The molecule has 0 fully saturated rings. The highest BCUT2D eigenvalue weighted by atomic mass is 32.2. The number of sulfone groups is 1. The molecule has 0 saturated heterocycles. The third-order valence-electron chi connectivity index (χ3n) is 4.42. The molecule has 162 valence electrons. The van der Waals surface area contributed by atoms with E-state index < -0.39 is 44.9 Å². The summed E-state index contributed by atoms with van der Waals surface area (Å²) < 4.78 is 52.1. The van der Waals surface area contributed by atoms with Gasteiger partial charge in [-0.1, -0.05) is 38.1 Å². The van der Waals surface area contributed by atoms with Crippen molar-refractivity contribution < 1.29 is 26.8 Å². The third-order valence-corrected chi connectivity index (χ3v) is 6.23. The Labute approximate surface area is 174 Å². The molecule has 0 bridgehead atoms. The molecule has 0 radical (unpaired) electrons. The fourth-order valence-electron chi connectivity index (χ4n) is 2.79. The van der Waals surface area contributed by atoms with Crippen LogP contribution < -0.4 is 10.6 Å². The van der Waals surface area contributed by atoms with Gasteiger partial charge in [0.25, 0.3) is 5.91 Å². The van der Waals surface area contributed by atoms with E-state index in [1.807, 2.05) is 0 Å². The summed E-state index contributed by atoms with van der Waals surface area (Å²) in [5.74, 6) is -4.17. The Hall–Kier alpha value is -2.81. The minimum atomic E-state index is -3.46. The van der Waals surface area contributed by atoms with E-state index in [-0.39, 0.29) is 29.5 Å². The second kappa shape index (κ2) is 10.3. The van der Waals surface area contributed by atoms with Gasteiger partial charge in [-0.05, 0) is 36.6 Å². The van der Waals surface area contributed by atoms with Crippen LogP contribution >= 0.6 is 0 Å². The Morgan fingerprint density at radius 2 is 1.57 bits per heavy atom. The van der Waals surface area contributed by atoms with Crippen molar-refractivity contribution >= 4 is 21.7 Å². The average molecular weight is 438 g/mol. The number of carbonyl (C=O) groups is 2. The molecular formula is C21H24F2N2O4S. The van der Waals surface area contributed by atoms with Gasteiger partial charge in [-0.3, -0.25) is 9.59 Å². The van der Waals surface area contributed by atoms with Gasteiger partial charge in [0.1, 0.15) is 23.2 Å². The summed E-state index contributed by atoms with van der Waals surface area (Å²) in [6.45, 7) is 3.40. The van der Waals surface area contributed by atoms with Crippen molar-refractivity contribution in [3.8, 4) is 0 Å². The molecule has 6 nitrogen and oxygen atoms in total. The van der Waals surface area contributed by atoms with Crippen LogP contribution in [-0.2, 0) is 14.6 Å². The second-order valence-corrected chi connectivity index (χ2v) is 9.18. The predicted molar refractivity (Wildman–Crippen MR) is 109 cm³/mol. The highest BCUT2D eigenvalue weighted by Crippen LogP contribution is 2.14. The van der Waals surface area contributed by atoms with Crippen LogP contribution in [0.15, 0.2) is 53.4 Å². The molecule has 2 aromatic rings. The number of halogens is 2. The molecule has 0 aliphatic rings. The summed E-state index contributed by atoms with van der Waals surface area (Å²) in [6.07, 6.45) is 0.170. The Morgan fingerprint density at radius 1 is 0.967 bits per heavy atom. The summed E-state index contributed by atoms with van der Waals surface area (Å²) >= 11 is 0. The number of nitrogens with one attached hydrogen (secondary N) is 2. The molecule has 0 spiro atoms. The van der Waals surface area contributed by atoms with E-state index in [1.54, 1.807) is 32.0 Å². The maximum atomic E-state index is 13.8. The molecule has 2 amide bonds. The van der Waals surface area contributed by atoms with E-state index >= 15 is 0 Å². The van der Waals surface area contributed by atoms with Crippen molar-refractivity contribution in [1.82, 2.24) is 10.6 Å². The van der Waals surface area contributed by atoms with Gasteiger partial charge in [-0.25, -0.2) is 17.2 Å². The molecule has 0 heterocycles. The predicted octanol–water partition coefficient (Wildman–Crippen LogP) is 2.70. The monoisotopic (exact) mass is 438 g/mol. The first-order valence-corrected chi connectivity index (χ1v) is 11.1. The van der Waals surface area contributed by atoms with Crippen LogP contribution in [0, 0.1) is 17.6 Å². The van der Waals surface area contributed by atoms with Crippen LogP contribution in [0.25, 0.3) is 0 Å². The van der Waals surface area contributed by atoms with Crippen LogP contribution in [0.3, 0.4) is 0 Å². The van der Waals surface area contributed by atoms with Gasteiger partial charge >= 0.3 is 0 Å². The normalized spacial score (nSPS) is 12.4. The van der Waals surface area contributed by atoms with Crippen molar-refractivity contribution in [1.29, 1.82) is 0 Å². The number of amides is 2. The van der Waals surface area contributed by atoms with Gasteiger partial charge in [-0.2, -0.15) is 0 Å². The standard InChI is InChI=1S/C21H24F2N2O4S/c1-14(2)19(25-20(26)18-16(22)10-6-11-17(18)23)21(27)24-12-7-13-30(28,29)15-8-4-3-5-9-15/h3-6,8-11,14,19H,7,12-13H2,1-2H3,(H,24,27)(H,25,26). The SMILES string of the molecule is CC(C)C(NC(=O)c1c(F)cccc1F)C(=O)NCCCS(=O)(=O)c1ccccc1. The lowest BCUT2D eigenvalue weighted by Gasteiger charge is -2.22. The maximum Gasteiger partial charge on any atom is 0.257 e. The van der Waals surface area contributed by atoms with E-state index in [0.29, 0.717) is 0 Å². The first kappa shape index (κ1) is 23.5. The fraction of sp³-hybridized carbons (Fsp3) is 0.333. The number of benzene rings is 2. The lowest BCUT2D eigenvalue weighted by molar-refractivity contribution is -0.123. The summed E-state index contributed by atoms with van der Waals surface area (Å²) in [4.78, 5) is 24.9. The first-order chi connectivity index (χ1) is 14.1. The maximum absolute atomic E-state index is 13.8. The molecule has 2 aromatic carbocycles. The van der Waals surface area contributed by atoms with Gasteiger partial charge in [-0.15, -0.1) is 0 Å². The lowest BCUT2D eigenvalue weighted by Crippen LogP contribution is -2.50. The van der Waals surface area contributed by atoms with Crippen molar-refractivity contribution in [2.75, 3.05) is 12.3 Å². The highest BCUT2D eigenvalue weighted by Gasteiger charge is 2.27. The van der Waals surface area contributed by atoms with E-state index in [4.69, 9.17) is 0 Å².